The molecule has 2 amide bonds. The predicted octanol–water partition coefficient (Wildman–Crippen LogP) is 2.88. The molecule has 2 rings (SSSR count). The van der Waals surface area contributed by atoms with E-state index in [4.69, 9.17) is 4.74 Å². The number of hydrogen-bond acceptors (Lipinski definition) is 4. The fraction of sp³-hybridized carbons (Fsp3) is 0.286. The monoisotopic (exact) mass is 367 g/mol. The molecule has 0 radical (unpaired) electrons. The van der Waals surface area contributed by atoms with Gasteiger partial charge in [-0.2, -0.15) is 5.10 Å². The van der Waals surface area contributed by atoms with E-state index in [0.717, 1.165) is 11.1 Å². The number of rotatable bonds is 9. The quantitative estimate of drug-likeness (QED) is 0.406. The minimum absolute atomic E-state index is 0.254. The van der Waals surface area contributed by atoms with E-state index in [2.05, 4.69) is 15.8 Å². The van der Waals surface area contributed by atoms with Gasteiger partial charge < -0.3 is 10.1 Å². The summed E-state index contributed by atoms with van der Waals surface area (Å²) in [4.78, 5) is 23.4. The summed E-state index contributed by atoms with van der Waals surface area (Å²) in [6.07, 6.45) is 1.25. The Bertz CT molecular complexity index is 773. The first-order valence-electron chi connectivity index (χ1n) is 8.89. The summed E-state index contributed by atoms with van der Waals surface area (Å²) in [6, 6.07) is 17.3. The molecule has 0 unspecified atom stereocenters. The highest BCUT2D eigenvalue weighted by Gasteiger charge is 2.08. The molecule has 0 aliphatic carbocycles. The van der Waals surface area contributed by atoms with E-state index in [1.807, 2.05) is 68.4 Å². The second-order valence-corrected chi connectivity index (χ2v) is 6.48. The summed E-state index contributed by atoms with van der Waals surface area (Å²) in [5.41, 5.74) is 4.16. The Labute approximate surface area is 159 Å². The van der Waals surface area contributed by atoms with Crippen LogP contribution in [-0.2, 0) is 16.2 Å². The molecule has 6 nitrogen and oxygen atoms in total. The maximum absolute atomic E-state index is 11.8. The summed E-state index contributed by atoms with van der Waals surface area (Å²) in [6.45, 7) is 4.96. The smallest absolute Gasteiger partial charge is 0.249 e. The number of carbonyl (C=O) groups is 2. The van der Waals surface area contributed by atoms with Crippen molar-refractivity contribution in [2.75, 3.05) is 6.54 Å². The molecule has 0 fully saturated rings. The Morgan fingerprint density at radius 1 is 1.04 bits per heavy atom. The van der Waals surface area contributed by atoms with Crippen LogP contribution in [0.25, 0.3) is 0 Å². The third kappa shape index (κ3) is 7.73. The zero-order chi connectivity index (χ0) is 19.5. The number of para-hydroxylation sites is 1. The first kappa shape index (κ1) is 20.2. The van der Waals surface area contributed by atoms with Crippen molar-refractivity contribution in [1.29, 1.82) is 0 Å². The Balaban J connectivity index is 1.85. The molecule has 2 aromatic carbocycles. The van der Waals surface area contributed by atoms with Crippen molar-refractivity contribution in [2.45, 2.75) is 26.9 Å². The molecule has 0 aromatic heterocycles. The standard InChI is InChI=1S/C21H25N3O3/c1-16(2)13-22-20(25)12-21(26)24-23-14-18-10-6-7-11-19(18)27-15-17-8-4-3-5-9-17/h3-11,14,16H,12-13,15H2,1-2H3,(H,22,25)(H,24,26). The van der Waals surface area contributed by atoms with E-state index in [1.54, 1.807) is 0 Å². The number of benzene rings is 2. The highest BCUT2D eigenvalue weighted by molar-refractivity contribution is 5.97. The van der Waals surface area contributed by atoms with Crippen LogP contribution in [0.1, 0.15) is 31.4 Å². The summed E-state index contributed by atoms with van der Waals surface area (Å²) >= 11 is 0. The van der Waals surface area contributed by atoms with Crippen LogP contribution in [0.4, 0.5) is 0 Å². The van der Waals surface area contributed by atoms with Crippen LogP contribution in [-0.4, -0.2) is 24.6 Å². The van der Waals surface area contributed by atoms with Gasteiger partial charge in [-0.25, -0.2) is 5.43 Å². The van der Waals surface area contributed by atoms with E-state index in [0.29, 0.717) is 24.8 Å². The topological polar surface area (TPSA) is 79.8 Å². The van der Waals surface area contributed by atoms with E-state index in [-0.39, 0.29) is 12.3 Å². The molecule has 0 spiro atoms. The Hall–Kier alpha value is -3.15. The van der Waals surface area contributed by atoms with Gasteiger partial charge in [0.1, 0.15) is 18.8 Å². The van der Waals surface area contributed by atoms with Crippen molar-refractivity contribution >= 4 is 18.0 Å². The van der Waals surface area contributed by atoms with Crippen LogP contribution in [0, 0.1) is 5.92 Å². The fourth-order valence-corrected chi connectivity index (χ4v) is 2.19. The van der Waals surface area contributed by atoms with Gasteiger partial charge >= 0.3 is 0 Å². The highest BCUT2D eigenvalue weighted by atomic mass is 16.5. The third-order valence-corrected chi connectivity index (χ3v) is 3.58. The minimum atomic E-state index is -0.463. The summed E-state index contributed by atoms with van der Waals surface area (Å²) in [5, 5.41) is 6.61. The van der Waals surface area contributed by atoms with E-state index < -0.39 is 5.91 Å². The lowest BCUT2D eigenvalue weighted by molar-refractivity contribution is -0.129. The number of ether oxygens (including phenoxy) is 1. The van der Waals surface area contributed by atoms with Gasteiger partial charge in [-0.15, -0.1) is 0 Å². The first-order chi connectivity index (χ1) is 13.0. The van der Waals surface area contributed by atoms with Gasteiger partial charge in [0.15, 0.2) is 0 Å². The predicted molar refractivity (Wildman–Crippen MR) is 105 cm³/mol. The van der Waals surface area contributed by atoms with Crippen molar-refractivity contribution in [1.82, 2.24) is 10.7 Å². The number of nitrogens with one attached hydrogen (secondary N) is 2. The number of hydrazone groups is 1. The lowest BCUT2D eigenvalue weighted by Gasteiger charge is -2.09. The molecule has 0 aliphatic heterocycles. The van der Waals surface area contributed by atoms with Crippen LogP contribution in [0.15, 0.2) is 59.7 Å². The van der Waals surface area contributed by atoms with Crippen molar-refractivity contribution in [2.24, 2.45) is 11.0 Å². The van der Waals surface area contributed by atoms with Gasteiger partial charge in [0.25, 0.3) is 0 Å². The Morgan fingerprint density at radius 2 is 1.74 bits per heavy atom. The second-order valence-electron chi connectivity index (χ2n) is 6.48. The zero-order valence-corrected chi connectivity index (χ0v) is 15.6. The number of amides is 2. The molecule has 0 bridgehead atoms. The van der Waals surface area contributed by atoms with Crippen LogP contribution in [0.5, 0.6) is 5.75 Å². The zero-order valence-electron chi connectivity index (χ0n) is 15.6. The molecular formula is C21H25N3O3. The van der Waals surface area contributed by atoms with E-state index in [9.17, 15) is 9.59 Å². The van der Waals surface area contributed by atoms with Gasteiger partial charge in [0.2, 0.25) is 11.8 Å². The molecule has 0 aliphatic rings. The summed E-state index contributed by atoms with van der Waals surface area (Å²) < 4.78 is 5.83. The van der Waals surface area contributed by atoms with Crippen LogP contribution < -0.4 is 15.5 Å². The van der Waals surface area contributed by atoms with Crippen molar-refractivity contribution in [3.63, 3.8) is 0 Å². The lowest BCUT2D eigenvalue weighted by Crippen LogP contribution is -2.32. The maximum Gasteiger partial charge on any atom is 0.249 e. The molecular weight excluding hydrogens is 342 g/mol. The van der Waals surface area contributed by atoms with Crippen molar-refractivity contribution < 1.29 is 14.3 Å². The molecule has 6 heteroatoms. The maximum atomic E-state index is 11.8. The van der Waals surface area contributed by atoms with Gasteiger partial charge in [-0.05, 0) is 23.6 Å². The summed E-state index contributed by atoms with van der Waals surface area (Å²) in [7, 11) is 0. The van der Waals surface area contributed by atoms with Crippen LogP contribution in [0.2, 0.25) is 0 Å². The summed E-state index contributed by atoms with van der Waals surface area (Å²) in [5.74, 6) is 0.217. The van der Waals surface area contributed by atoms with Crippen molar-refractivity contribution in [3.8, 4) is 5.75 Å². The van der Waals surface area contributed by atoms with Crippen LogP contribution in [0.3, 0.4) is 0 Å². The molecule has 0 atom stereocenters. The molecule has 27 heavy (non-hydrogen) atoms. The Kier molecular flexibility index (Phi) is 8.03. The van der Waals surface area contributed by atoms with Gasteiger partial charge in [0.05, 0.1) is 6.21 Å². The second kappa shape index (κ2) is 10.8. The number of carbonyl (C=O) groups excluding carboxylic acids is 2. The highest BCUT2D eigenvalue weighted by Crippen LogP contribution is 2.17. The molecule has 0 heterocycles. The number of hydrogen-bond donors (Lipinski definition) is 2. The lowest BCUT2D eigenvalue weighted by atomic mass is 10.2. The first-order valence-corrected chi connectivity index (χ1v) is 8.89. The van der Waals surface area contributed by atoms with Crippen molar-refractivity contribution in [3.05, 3.63) is 65.7 Å². The van der Waals surface area contributed by atoms with E-state index in [1.165, 1.54) is 6.21 Å². The number of nitrogens with zero attached hydrogens (tertiary/aromatic N) is 1. The average molecular weight is 367 g/mol. The van der Waals surface area contributed by atoms with Gasteiger partial charge in [-0.1, -0.05) is 56.3 Å². The minimum Gasteiger partial charge on any atom is -0.488 e. The normalized spacial score (nSPS) is 10.8. The molecule has 2 aromatic rings. The largest absolute Gasteiger partial charge is 0.488 e. The third-order valence-electron chi connectivity index (χ3n) is 3.58. The SMILES string of the molecule is CC(C)CNC(=O)CC(=O)NN=Cc1ccccc1OCc1ccccc1. The molecule has 142 valence electrons. The van der Waals surface area contributed by atoms with Crippen LogP contribution >= 0.6 is 0 Å². The van der Waals surface area contributed by atoms with E-state index >= 15 is 0 Å². The Morgan fingerprint density at radius 3 is 2.48 bits per heavy atom. The van der Waals surface area contributed by atoms with Gasteiger partial charge in [0, 0.05) is 12.1 Å². The molecule has 0 saturated heterocycles. The molecule has 2 N–H and O–H groups in total. The van der Waals surface area contributed by atoms with Gasteiger partial charge in [-0.3, -0.25) is 9.59 Å². The molecule has 0 saturated carbocycles. The fourth-order valence-electron chi connectivity index (χ4n) is 2.19. The average Bonchev–Trinajstić information content (AvgIpc) is 2.66.